The average Bonchev–Trinajstić information content (AvgIpc) is 2.79. The predicted octanol–water partition coefficient (Wildman–Crippen LogP) is 2.01. The van der Waals surface area contributed by atoms with E-state index in [-0.39, 0.29) is 0 Å². The molecule has 0 atom stereocenters. The van der Waals surface area contributed by atoms with Gasteiger partial charge in [0.2, 0.25) is 0 Å². The summed E-state index contributed by atoms with van der Waals surface area (Å²) < 4.78 is 17.8. The third-order valence-electron chi connectivity index (χ3n) is 2.80. The zero-order valence-electron chi connectivity index (χ0n) is 9.74. The van der Waals surface area contributed by atoms with Crippen LogP contribution >= 0.6 is 15.9 Å². The van der Waals surface area contributed by atoms with E-state index in [1.54, 1.807) is 7.11 Å². The molecule has 1 saturated heterocycles. The summed E-state index contributed by atoms with van der Waals surface area (Å²) in [4.78, 5) is 0. The second-order valence-electron chi connectivity index (χ2n) is 3.83. The number of hydrogen-bond donors (Lipinski definition) is 1. The molecule has 0 aliphatic carbocycles. The number of ether oxygens (including phenoxy) is 3. The Balaban J connectivity index is 2.44. The first-order valence-corrected chi connectivity index (χ1v) is 6.33. The highest BCUT2D eigenvalue weighted by Crippen LogP contribution is 2.40. The molecule has 0 unspecified atom stereocenters. The van der Waals surface area contributed by atoms with Crippen LogP contribution in [0.2, 0.25) is 0 Å². The van der Waals surface area contributed by atoms with Gasteiger partial charge < -0.3 is 19.9 Å². The molecule has 1 fully saturated rings. The van der Waals surface area contributed by atoms with Gasteiger partial charge in [0.25, 0.3) is 0 Å². The van der Waals surface area contributed by atoms with Crippen LogP contribution in [0.5, 0.6) is 5.75 Å². The molecule has 0 radical (unpaired) electrons. The van der Waals surface area contributed by atoms with Crippen LogP contribution in [0.3, 0.4) is 0 Å². The summed E-state index contributed by atoms with van der Waals surface area (Å²) in [6, 6.07) is 5.77. The van der Waals surface area contributed by atoms with Crippen LogP contribution in [-0.4, -0.2) is 26.9 Å². The van der Waals surface area contributed by atoms with Gasteiger partial charge in [-0.15, -0.1) is 0 Å². The van der Waals surface area contributed by atoms with E-state index >= 15 is 0 Å². The van der Waals surface area contributed by atoms with Crippen molar-refractivity contribution in [2.75, 3.05) is 26.9 Å². The molecule has 2 N–H and O–H groups in total. The summed E-state index contributed by atoms with van der Waals surface area (Å²) in [7, 11) is 1.64. The third-order valence-corrected chi connectivity index (χ3v) is 3.29. The van der Waals surface area contributed by atoms with Crippen molar-refractivity contribution in [2.45, 2.75) is 12.2 Å². The summed E-state index contributed by atoms with van der Waals surface area (Å²) >= 11 is 3.45. The first kappa shape index (κ1) is 12.8. The van der Waals surface area contributed by atoms with Crippen molar-refractivity contribution in [1.82, 2.24) is 0 Å². The largest absolute Gasteiger partial charge is 0.496 e. The van der Waals surface area contributed by atoms with Crippen molar-refractivity contribution in [2.24, 2.45) is 5.73 Å². The van der Waals surface area contributed by atoms with Gasteiger partial charge >= 0.3 is 0 Å². The lowest BCUT2D eigenvalue weighted by Gasteiger charge is -2.29. The van der Waals surface area contributed by atoms with Crippen LogP contribution in [0.1, 0.15) is 12.0 Å². The lowest BCUT2D eigenvalue weighted by atomic mass is 10.0. The van der Waals surface area contributed by atoms with E-state index in [9.17, 15) is 0 Å². The molecule has 1 aromatic carbocycles. The Labute approximate surface area is 109 Å². The zero-order chi connectivity index (χ0) is 12.3. The second kappa shape index (κ2) is 5.35. The number of hydrogen-bond acceptors (Lipinski definition) is 4. The highest BCUT2D eigenvalue weighted by atomic mass is 79.9. The number of nitrogens with two attached hydrogens (primary N) is 1. The minimum absolute atomic E-state index is 0.496. The third kappa shape index (κ3) is 2.47. The SMILES string of the molecule is COc1ccc(Br)cc1C1(CCN)OCCO1. The average molecular weight is 302 g/mol. The van der Waals surface area contributed by atoms with Gasteiger partial charge in [-0.3, -0.25) is 0 Å². The summed E-state index contributed by atoms with van der Waals surface area (Å²) in [5.74, 6) is -0.00676. The normalized spacial score (nSPS) is 18.3. The molecule has 5 heteroatoms. The smallest absolute Gasteiger partial charge is 0.199 e. The minimum Gasteiger partial charge on any atom is -0.496 e. The van der Waals surface area contributed by atoms with E-state index < -0.39 is 5.79 Å². The van der Waals surface area contributed by atoms with Crippen LogP contribution in [0.4, 0.5) is 0 Å². The number of methoxy groups -OCH3 is 1. The molecule has 1 aliphatic rings. The quantitative estimate of drug-likeness (QED) is 0.924. The van der Waals surface area contributed by atoms with E-state index in [1.165, 1.54) is 0 Å². The molecule has 1 aliphatic heterocycles. The first-order chi connectivity index (χ1) is 8.22. The molecular weight excluding hydrogens is 286 g/mol. The molecule has 17 heavy (non-hydrogen) atoms. The highest BCUT2D eigenvalue weighted by Gasteiger charge is 2.40. The lowest BCUT2D eigenvalue weighted by Crippen LogP contribution is -2.30. The zero-order valence-corrected chi connectivity index (χ0v) is 11.3. The molecule has 0 saturated carbocycles. The highest BCUT2D eigenvalue weighted by molar-refractivity contribution is 9.10. The topological polar surface area (TPSA) is 53.7 Å². The van der Waals surface area contributed by atoms with E-state index in [1.807, 2.05) is 18.2 Å². The molecular formula is C12H16BrNO3. The van der Waals surface area contributed by atoms with Crippen molar-refractivity contribution in [3.05, 3.63) is 28.2 Å². The van der Waals surface area contributed by atoms with Crippen LogP contribution in [0, 0.1) is 0 Å². The van der Waals surface area contributed by atoms with Crippen LogP contribution in [0.25, 0.3) is 0 Å². The van der Waals surface area contributed by atoms with Gasteiger partial charge in [0.05, 0.1) is 25.9 Å². The molecule has 0 bridgehead atoms. The fraction of sp³-hybridized carbons (Fsp3) is 0.500. The Kier molecular flexibility index (Phi) is 4.04. The molecule has 4 nitrogen and oxygen atoms in total. The van der Waals surface area contributed by atoms with Gasteiger partial charge in [0.15, 0.2) is 5.79 Å². The summed E-state index contributed by atoms with van der Waals surface area (Å²) in [6.45, 7) is 1.65. The Morgan fingerprint density at radius 3 is 2.71 bits per heavy atom. The molecule has 1 aromatic rings. The molecule has 0 amide bonds. The van der Waals surface area contributed by atoms with Gasteiger partial charge in [-0.1, -0.05) is 15.9 Å². The van der Waals surface area contributed by atoms with Gasteiger partial charge in [0.1, 0.15) is 5.75 Å². The van der Waals surface area contributed by atoms with Crippen molar-refractivity contribution in [3.8, 4) is 5.75 Å². The number of halogens is 1. The number of benzene rings is 1. The monoisotopic (exact) mass is 301 g/mol. The maximum Gasteiger partial charge on any atom is 0.199 e. The predicted molar refractivity (Wildman–Crippen MR) is 67.9 cm³/mol. The summed E-state index contributed by atoms with van der Waals surface area (Å²) in [6.07, 6.45) is 0.611. The van der Waals surface area contributed by atoms with Gasteiger partial charge in [-0.25, -0.2) is 0 Å². The summed E-state index contributed by atoms with van der Waals surface area (Å²) in [5.41, 5.74) is 6.53. The molecule has 2 rings (SSSR count). The first-order valence-electron chi connectivity index (χ1n) is 5.54. The van der Waals surface area contributed by atoms with E-state index in [4.69, 9.17) is 19.9 Å². The fourth-order valence-corrected chi connectivity index (χ4v) is 2.42. The molecule has 1 heterocycles. The maximum atomic E-state index is 5.76. The Morgan fingerprint density at radius 1 is 1.41 bits per heavy atom. The van der Waals surface area contributed by atoms with Crippen LogP contribution < -0.4 is 10.5 Å². The van der Waals surface area contributed by atoms with Crippen molar-refractivity contribution in [1.29, 1.82) is 0 Å². The standard InChI is InChI=1S/C12H16BrNO3/c1-15-11-3-2-9(13)8-10(11)12(4-5-14)16-6-7-17-12/h2-3,8H,4-7,14H2,1H3. The second-order valence-corrected chi connectivity index (χ2v) is 4.75. The van der Waals surface area contributed by atoms with Crippen molar-refractivity contribution >= 4 is 15.9 Å². The Morgan fingerprint density at radius 2 is 2.12 bits per heavy atom. The maximum absolute atomic E-state index is 5.76. The molecule has 0 aromatic heterocycles. The molecule has 94 valence electrons. The van der Waals surface area contributed by atoms with Crippen molar-refractivity contribution < 1.29 is 14.2 Å². The van der Waals surface area contributed by atoms with Crippen LogP contribution in [-0.2, 0) is 15.3 Å². The summed E-state index contributed by atoms with van der Waals surface area (Å²) in [5, 5.41) is 0. The van der Waals surface area contributed by atoms with E-state index in [0.29, 0.717) is 26.2 Å². The van der Waals surface area contributed by atoms with Gasteiger partial charge in [0, 0.05) is 10.9 Å². The van der Waals surface area contributed by atoms with E-state index in [2.05, 4.69) is 15.9 Å². The lowest BCUT2D eigenvalue weighted by molar-refractivity contribution is -0.169. The Hall–Kier alpha value is -0.620. The van der Waals surface area contributed by atoms with Crippen molar-refractivity contribution in [3.63, 3.8) is 0 Å². The van der Waals surface area contributed by atoms with Gasteiger partial charge in [-0.2, -0.15) is 0 Å². The number of rotatable bonds is 4. The molecule has 0 spiro atoms. The fourth-order valence-electron chi connectivity index (χ4n) is 2.06. The van der Waals surface area contributed by atoms with Gasteiger partial charge in [-0.05, 0) is 24.7 Å². The minimum atomic E-state index is -0.760. The Bertz CT molecular complexity index is 391. The van der Waals surface area contributed by atoms with E-state index in [0.717, 1.165) is 15.8 Å². The van der Waals surface area contributed by atoms with Crippen LogP contribution in [0.15, 0.2) is 22.7 Å².